The van der Waals surface area contributed by atoms with Gasteiger partial charge in [-0.25, -0.2) is 0 Å². The summed E-state index contributed by atoms with van der Waals surface area (Å²) < 4.78 is 0. The summed E-state index contributed by atoms with van der Waals surface area (Å²) in [6, 6.07) is 18.9. The number of benzene rings is 2. The number of hydrogen-bond acceptors (Lipinski definition) is 6. The molecule has 0 saturated carbocycles. The van der Waals surface area contributed by atoms with Crippen molar-refractivity contribution in [2.75, 3.05) is 10.6 Å². The van der Waals surface area contributed by atoms with Crippen LogP contribution in [-0.2, 0) is 10.3 Å². The molecule has 0 saturated heterocycles. The van der Waals surface area contributed by atoms with Crippen molar-refractivity contribution >= 4 is 39.6 Å². The maximum absolute atomic E-state index is 12.2. The Bertz CT molecular complexity index is 1560. The van der Waals surface area contributed by atoms with Crippen LogP contribution in [0, 0.1) is 0 Å². The highest BCUT2D eigenvalue weighted by atomic mass is 16.1. The normalized spacial score (nSPS) is 16.6. The molecule has 4 aromatic rings. The number of carbonyl (C=O) groups excluding carboxylic acids is 1. The van der Waals surface area contributed by atoms with Gasteiger partial charge < -0.3 is 16.4 Å². The van der Waals surface area contributed by atoms with Crippen molar-refractivity contribution in [1.29, 1.82) is 0 Å². The molecule has 176 valence electrons. The van der Waals surface area contributed by atoms with Crippen molar-refractivity contribution in [3.63, 3.8) is 0 Å². The van der Waals surface area contributed by atoms with Gasteiger partial charge in [-0.05, 0) is 53.6 Å². The largest absolute Gasteiger partial charge is 0.371 e. The molecule has 0 bridgehead atoms. The van der Waals surface area contributed by atoms with E-state index in [9.17, 15) is 4.79 Å². The maximum atomic E-state index is 12.2. The van der Waals surface area contributed by atoms with Gasteiger partial charge in [0, 0.05) is 63.6 Å². The van der Waals surface area contributed by atoms with Gasteiger partial charge in [-0.1, -0.05) is 41.5 Å². The van der Waals surface area contributed by atoms with Gasteiger partial charge in [-0.15, -0.1) is 0 Å². The second-order valence-electron chi connectivity index (χ2n) is 8.38. The number of aromatic nitrogens is 2. The zero-order valence-electron chi connectivity index (χ0n) is 19.2. The number of amides is 1. The first-order chi connectivity index (χ1) is 17.6. The second-order valence-corrected chi connectivity index (χ2v) is 8.38. The van der Waals surface area contributed by atoms with Crippen LogP contribution in [-0.4, -0.2) is 15.9 Å². The molecule has 5 rings (SSSR count). The van der Waals surface area contributed by atoms with E-state index in [0.29, 0.717) is 17.7 Å². The van der Waals surface area contributed by atoms with E-state index in [2.05, 4.69) is 30.6 Å². The number of anilines is 3. The highest BCUT2D eigenvalue weighted by Gasteiger charge is 2.34. The number of pyridine rings is 2. The van der Waals surface area contributed by atoms with Crippen LogP contribution in [0.4, 0.5) is 22.7 Å². The minimum absolute atomic E-state index is 0.345. The lowest BCUT2D eigenvalue weighted by atomic mass is 9.79. The minimum atomic E-state index is -0.780. The Labute approximate surface area is 207 Å². The zero-order chi connectivity index (χ0) is 25.0. The van der Waals surface area contributed by atoms with Crippen molar-refractivity contribution in [2.45, 2.75) is 12.0 Å². The standard InChI is InChI=1S/C27H22N8O/c28-26(36)18-3-2-11-27(17-18,19-4-1-5-21(15-19)32-20-8-12-30-13-9-20)33-25-10-14-31-24-7-6-22(34-35-29)16-23(24)25/h1-16H,17H2,(H2,28,36)(H,30,32)(H,31,33). The number of carbonyl (C=O) groups is 1. The number of rotatable bonds is 7. The van der Waals surface area contributed by atoms with Gasteiger partial charge in [-0.2, -0.15) is 0 Å². The van der Waals surface area contributed by atoms with E-state index in [0.717, 1.165) is 33.5 Å². The third kappa shape index (κ3) is 4.59. The average molecular weight is 475 g/mol. The van der Waals surface area contributed by atoms with Crippen LogP contribution < -0.4 is 16.4 Å². The number of primary amides is 1. The third-order valence-corrected chi connectivity index (χ3v) is 6.05. The lowest BCUT2D eigenvalue weighted by Gasteiger charge is -2.36. The number of fused-ring (bicyclic) bond motifs is 1. The predicted octanol–water partition coefficient (Wildman–Crippen LogP) is 5.99. The fourth-order valence-corrected chi connectivity index (χ4v) is 4.35. The molecule has 1 atom stereocenters. The summed E-state index contributed by atoms with van der Waals surface area (Å²) >= 11 is 0. The van der Waals surface area contributed by atoms with Crippen LogP contribution in [0.1, 0.15) is 12.0 Å². The minimum Gasteiger partial charge on any atom is -0.371 e. The quantitative estimate of drug-likeness (QED) is 0.171. The molecule has 36 heavy (non-hydrogen) atoms. The SMILES string of the molecule is [N-]=[N+]=Nc1ccc2nccc(NC3(c4cccc(Nc5ccncc5)c4)C=CC=C(C(N)=O)C3)c2c1. The molecule has 0 radical (unpaired) electrons. The Balaban J connectivity index is 1.60. The Morgan fingerprint density at radius 2 is 1.92 bits per heavy atom. The molecule has 1 unspecified atom stereocenters. The average Bonchev–Trinajstić information content (AvgIpc) is 2.90. The lowest BCUT2D eigenvalue weighted by Crippen LogP contribution is -2.37. The maximum Gasteiger partial charge on any atom is 0.244 e. The van der Waals surface area contributed by atoms with Crippen LogP contribution in [0.2, 0.25) is 0 Å². The summed E-state index contributed by atoms with van der Waals surface area (Å²) in [5.74, 6) is -0.471. The molecule has 4 N–H and O–H groups in total. The molecule has 2 aromatic carbocycles. The van der Waals surface area contributed by atoms with E-state index in [4.69, 9.17) is 11.3 Å². The summed E-state index contributed by atoms with van der Waals surface area (Å²) in [4.78, 5) is 23.6. The smallest absolute Gasteiger partial charge is 0.244 e. The first kappa shape index (κ1) is 22.6. The van der Waals surface area contributed by atoms with Crippen LogP contribution >= 0.6 is 0 Å². The molecule has 1 aliphatic carbocycles. The molecule has 1 amide bonds. The molecule has 2 aromatic heterocycles. The first-order valence-electron chi connectivity index (χ1n) is 11.2. The summed E-state index contributed by atoms with van der Waals surface area (Å²) in [6.07, 6.45) is 11.1. The number of allylic oxidation sites excluding steroid dienone is 2. The number of hydrogen-bond donors (Lipinski definition) is 3. The fraction of sp³-hybridized carbons (Fsp3) is 0.0741. The number of nitrogens with one attached hydrogen (secondary N) is 2. The highest BCUT2D eigenvalue weighted by Crippen LogP contribution is 2.40. The summed E-state index contributed by atoms with van der Waals surface area (Å²) in [6.45, 7) is 0. The number of azide groups is 1. The van der Waals surface area contributed by atoms with Gasteiger partial charge >= 0.3 is 0 Å². The molecular weight excluding hydrogens is 452 g/mol. The number of nitrogens with two attached hydrogens (primary N) is 1. The van der Waals surface area contributed by atoms with Gasteiger partial charge in [0.05, 0.1) is 11.1 Å². The van der Waals surface area contributed by atoms with Gasteiger partial charge in [-0.3, -0.25) is 14.8 Å². The number of nitrogens with zero attached hydrogens (tertiary/aromatic N) is 5. The van der Waals surface area contributed by atoms with E-state index >= 15 is 0 Å². The van der Waals surface area contributed by atoms with Crippen LogP contribution in [0.15, 0.2) is 108 Å². The predicted molar refractivity (Wildman–Crippen MR) is 141 cm³/mol. The Morgan fingerprint density at radius 3 is 2.72 bits per heavy atom. The molecule has 0 aliphatic heterocycles. The second kappa shape index (κ2) is 9.61. The van der Waals surface area contributed by atoms with Gasteiger partial charge in [0.15, 0.2) is 0 Å². The molecule has 9 heteroatoms. The Morgan fingerprint density at radius 1 is 1.06 bits per heavy atom. The zero-order valence-corrected chi connectivity index (χ0v) is 19.2. The van der Waals surface area contributed by atoms with E-state index in [1.165, 1.54) is 0 Å². The molecule has 0 spiro atoms. The summed E-state index contributed by atoms with van der Waals surface area (Å²) in [5, 5.41) is 11.6. The molecular formula is C27H22N8O. The van der Waals surface area contributed by atoms with Gasteiger partial charge in [0.1, 0.15) is 0 Å². The highest BCUT2D eigenvalue weighted by molar-refractivity contribution is 5.95. The van der Waals surface area contributed by atoms with E-state index < -0.39 is 11.4 Å². The molecule has 0 fully saturated rings. The monoisotopic (exact) mass is 474 g/mol. The lowest BCUT2D eigenvalue weighted by molar-refractivity contribution is -0.114. The third-order valence-electron chi connectivity index (χ3n) is 6.05. The molecule has 9 nitrogen and oxygen atoms in total. The summed E-state index contributed by atoms with van der Waals surface area (Å²) in [7, 11) is 0. The van der Waals surface area contributed by atoms with Crippen molar-refractivity contribution < 1.29 is 4.79 Å². The Hall–Kier alpha value is -5.14. The van der Waals surface area contributed by atoms with E-state index in [1.54, 1.807) is 36.8 Å². The van der Waals surface area contributed by atoms with Crippen LogP contribution in [0.25, 0.3) is 21.3 Å². The Kier molecular flexibility index (Phi) is 6.05. The molecule has 1 aliphatic rings. The van der Waals surface area contributed by atoms with Crippen molar-refractivity contribution in [1.82, 2.24) is 9.97 Å². The van der Waals surface area contributed by atoms with Crippen molar-refractivity contribution in [3.8, 4) is 0 Å². The first-order valence-corrected chi connectivity index (χ1v) is 11.2. The van der Waals surface area contributed by atoms with Crippen LogP contribution in [0.3, 0.4) is 0 Å². The van der Waals surface area contributed by atoms with Crippen molar-refractivity contribution in [2.24, 2.45) is 10.8 Å². The van der Waals surface area contributed by atoms with Crippen LogP contribution in [0.5, 0.6) is 0 Å². The van der Waals surface area contributed by atoms with Crippen molar-refractivity contribution in [3.05, 3.63) is 119 Å². The molecule has 2 heterocycles. The van der Waals surface area contributed by atoms with Gasteiger partial charge in [0.2, 0.25) is 5.91 Å². The van der Waals surface area contributed by atoms with Gasteiger partial charge in [0.25, 0.3) is 0 Å². The fourth-order valence-electron chi connectivity index (χ4n) is 4.35. The van der Waals surface area contributed by atoms with E-state index in [-0.39, 0.29) is 0 Å². The van der Waals surface area contributed by atoms with E-state index in [1.807, 2.05) is 60.7 Å². The topological polar surface area (TPSA) is 142 Å². The summed E-state index contributed by atoms with van der Waals surface area (Å²) in [5.41, 5.74) is 19.0.